The van der Waals surface area contributed by atoms with Crippen molar-refractivity contribution in [3.63, 3.8) is 0 Å². The minimum absolute atomic E-state index is 0.270. The summed E-state index contributed by atoms with van der Waals surface area (Å²) in [5.41, 5.74) is 2.01. The molecule has 1 aromatic carbocycles. The van der Waals surface area contributed by atoms with Gasteiger partial charge in [-0.15, -0.1) is 0 Å². The number of hydrogen-bond donors (Lipinski definition) is 1. The van der Waals surface area contributed by atoms with Gasteiger partial charge in [0.05, 0.1) is 12.8 Å². The fourth-order valence-corrected chi connectivity index (χ4v) is 2.72. The molecule has 21 heavy (non-hydrogen) atoms. The second-order valence-corrected chi connectivity index (χ2v) is 5.41. The molecule has 1 N–H and O–H groups in total. The summed E-state index contributed by atoms with van der Waals surface area (Å²) in [4.78, 5) is 7.11. The number of anilines is 1. The van der Waals surface area contributed by atoms with E-state index in [2.05, 4.69) is 22.5 Å². The lowest BCUT2D eigenvalue weighted by Gasteiger charge is -2.38. The number of hydrogen-bond acceptors (Lipinski definition) is 4. The SMILES string of the molecule is COc1cccc(-c2cn3c(n2)NC(N2CCC2)C=C3)c1. The second-order valence-electron chi connectivity index (χ2n) is 5.41. The fraction of sp³-hybridized carbons (Fsp3) is 0.312. The molecule has 3 heterocycles. The summed E-state index contributed by atoms with van der Waals surface area (Å²) in [5, 5.41) is 3.48. The van der Waals surface area contributed by atoms with E-state index < -0.39 is 0 Å². The van der Waals surface area contributed by atoms with Gasteiger partial charge >= 0.3 is 0 Å². The average molecular weight is 282 g/mol. The van der Waals surface area contributed by atoms with Crippen molar-refractivity contribution >= 4 is 12.1 Å². The van der Waals surface area contributed by atoms with Crippen LogP contribution >= 0.6 is 0 Å². The summed E-state index contributed by atoms with van der Waals surface area (Å²) in [6.45, 7) is 2.32. The van der Waals surface area contributed by atoms with Crippen LogP contribution in [0.1, 0.15) is 6.42 Å². The highest BCUT2D eigenvalue weighted by Gasteiger charge is 2.25. The minimum Gasteiger partial charge on any atom is -0.497 e. The van der Waals surface area contributed by atoms with Crippen molar-refractivity contribution in [3.05, 3.63) is 36.5 Å². The first-order valence-corrected chi connectivity index (χ1v) is 7.26. The van der Waals surface area contributed by atoms with Crippen molar-refractivity contribution in [2.24, 2.45) is 0 Å². The number of likely N-dealkylation sites (tertiary alicyclic amines) is 1. The lowest BCUT2D eigenvalue weighted by atomic mass is 10.1. The topological polar surface area (TPSA) is 42.3 Å². The van der Waals surface area contributed by atoms with Crippen LogP contribution in [-0.4, -0.2) is 40.8 Å². The van der Waals surface area contributed by atoms with E-state index in [0.29, 0.717) is 0 Å². The molecule has 0 amide bonds. The number of methoxy groups -OCH3 is 1. The Labute approximate surface area is 123 Å². The van der Waals surface area contributed by atoms with Gasteiger partial charge in [-0.05, 0) is 24.6 Å². The third-order valence-electron chi connectivity index (χ3n) is 4.09. The predicted molar refractivity (Wildman–Crippen MR) is 83.1 cm³/mol. The van der Waals surface area contributed by atoms with Gasteiger partial charge in [0.2, 0.25) is 5.95 Å². The van der Waals surface area contributed by atoms with Crippen molar-refractivity contribution < 1.29 is 4.74 Å². The van der Waals surface area contributed by atoms with Gasteiger partial charge in [-0.25, -0.2) is 4.98 Å². The maximum Gasteiger partial charge on any atom is 0.209 e. The van der Waals surface area contributed by atoms with Crippen LogP contribution in [0.5, 0.6) is 5.75 Å². The zero-order valence-corrected chi connectivity index (χ0v) is 12.0. The highest BCUT2D eigenvalue weighted by molar-refractivity contribution is 5.65. The highest BCUT2D eigenvalue weighted by atomic mass is 16.5. The molecule has 0 aliphatic carbocycles. The Morgan fingerprint density at radius 2 is 2.24 bits per heavy atom. The van der Waals surface area contributed by atoms with E-state index in [4.69, 9.17) is 9.72 Å². The number of rotatable bonds is 3. The normalized spacial score (nSPS) is 20.5. The zero-order valence-electron chi connectivity index (χ0n) is 12.0. The Bertz CT molecular complexity index is 687. The largest absolute Gasteiger partial charge is 0.497 e. The maximum atomic E-state index is 5.28. The van der Waals surface area contributed by atoms with Gasteiger partial charge in [0.1, 0.15) is 11.9 Å². The van der Waals surface area contributed by atoms with Gasteiger partial charge in [-0.1, -0.05) is 12.1 Å². The van der Waals surface area contributed by atoms with Gasteiger partial charge < -0.3 is 10.1 Å². The predicted octanol–water partition coefficient (Wildman–Crippen LogP) is 2.49. The van der Waals surface area contributed by atoms with E-state index in [9.17, 15) is 0 Å². The minimum atomic E-state index is 0.270. The second kappa shape index (κ2) is 4.93. The summed E-state index contributed by atoms with van der Waals surface area (Å²) in [6, 6.07) is 7.98. The molecule has 0 spiro atoms. The Kier molecular flexibility index (Phi) is 2.93. The molecule has 5 nitrogen and oxygen atoms in total. The van der Waals surface area contributed by atoms with Crippen LogP contribution in [0.4, 0.5) is 5.95 Å². The fourth-order valence-electron chi connectivity index (χ4n) is 2.72. The van der Waals surface area contributed by atoms with Crippen LogP contribution in [0.25, 0.3) is 17.5 Å². The molecule has 2 aliphatic heterocycles. The van der Waals surface area contributed by atoms with Crippen molar-refractivity contribution in [1.82, 2.24) is 14.5 Å². The van der Waals surface area contributed by atoms with E-state index in [1.165, 1.54) is 6.42 Å². The van der Waals surface area contributed by atoms with Gasteiger partial charge in [0, 0.05) is 31.0 Å². The summed E-state index contributed by atoms with van der Waals surface area (Å²) in [6.07, 6.45) is 7.87. The molecule has 4 rings (SSSR count). The summed E-state index contributed by atoms with van der Waals surface area (Å²) in [7, 11) is 1.68. The Morgan fingerprint density at radius 3 is 3.00 bits per heavy atom. The van der Waals surface area contributed by atoms with Crippen LogP contribution in [0, 0.1) is 0 Å². The van der Waals surface area contributed by atoms with E-state index in [-0.39, 0.29) is 6.17 Å². The highest BCUT2D eigenvalue weighted by Crippen LogP contribution is 2.27. The summed E-state index contributed by atoms with van der Waals surface area (Å²) in [5.74, 6) is 1.74. The molecule has 1 atom stereocenters. The van der Waals surface area contributed by atoms with Gasteiger partial charge in [-0.2, -0.15) is 0 Å². The maximum absolute atomic E-state index is 5.28. The van der Waals surface area contributed by atoms with E-state index >= 15 is 0 Å². The molecule has 1 saturated heterocycles. The zero-order chi connectivity index (χ0) is 14.2. The Morgan fingerprint density at radius 1 is 1.33 bits per heavy atom. The van der Waals surface area contributed by atoms with Crippen molar-refractivity contribution in [2.45, 2.75) is 12.6 Å². The molecular weight excluding hydrogens is 264 g/mol. The first-order valence-electron chi connectivity index (χ1n) is 7.26. The van der Waals surface area contributed by atoms with Crippen LogP contribution in [0.2, 0.25) is 0 Å². The van der Waals surface area contributed by atoms with Crippen molar-refractivity contribution in [3.8, 4) is 17.0 Å². The molecule has 0 saturated carbocycles. The van der Waals surface area contributed by atoms with Crippen LogP contribution < -0.4 is 10.1 Å². The van der Waals surface area contributed by atoms with E-state index in [0.717, 1.165) is 36.0 Å². The Balaban J connectivity index is 1.62. The lowest BCUT2D eigenvalue weighted by Crippen LogP contribution is -2.49. The first kappa shape index (κ1) is 12.5. The number of nitrogens with zero attached hydrogens (tertiary/aromatic N) is 3. The van der Waals surface area contributed by atoms with Gasteiger partial charge in [-0.3, -0.25) is 9.47 Å². The third kappa shape index (κ3) is 2.19. The molecule has 5 heteroatoms. The van der Waals surface area contributed by atoms with E-state index in [1.807, 2.05) is 35.0 Å². The number of imidazole rings is 1. The number of benzene rings is 1. The molecule has 2 aliphatic rings. The number of ether oxygens (including phenoxy) is 1. The molecule has 0 bridgehead atoms. The molecular formula is C16H18N4O. The summed E-state index contributed by atoms with van der Waals surface area (Å²) < 4.78 is 7.31. The van der Waals surface area contributed by atoms with Crippen LogP contribution in [0.15, 0.2) is 36.5 Å². The van der Waals surface area contributed by atoms with E-state index in [1.54, 1.807) is 7.11 Å². The molecule has 1 unspecified atom stereocenters. The summed E-state index contributed by atoms with van der Waals surface area (Å²) >= 11 is 0. The smallest absolute Gasteiger partial charge is 0.209 e. The standard InChI is InChI=1S/C16H18N4O/c1-21-13-5-2-4-12(10-13)14-11-20-9-6-15(18-16(20)17-14)19-7-3-8-19/h2,4-6,9-11,15H,3,7-8H2,1H3,(H,17,18). The monoisotopic (exact) mass is 282 g/mol. The Hall–Kier alpha value is -2.27. The third-order valence-corrected chi connectivity index (χ3v) is 4.09. The quantitative estimate of drug-likeness (QED) is 0.939. The van der Waals surface area contributed by atoms with Crippen LogP contribution in [0.3, 0.4) is 0 Å². The first-order chi connectivity index (χ1) is 10.3. The molecule has 1 aromatic heterocycles. The van der Waals surface area contributed by atoms with Crippen LogP contribution in [-0.2, 0) is 0 Å². The number of nitrogens with one attached hydrogen (secondary N) is 1. The number of aromatic nitrogens is 2. The molecule has 2 aromatic rings. The average Bonchev–Trinajstić information content (AvgIpc) is 2.89. The van der Waals surface area contributed by atoms with Crippen molar-refractivity contribution in [2.75, 3.05) is 25.5 Å². The number of fused-ring (bicyclic) bond motifs is 1. The molecule has 1 fully saturated rings. The lowest BCUT2D eigenvalue weighted by molar-refractivity contribution is 0.157. The van der Waals surface area contributed by atoms with Crippen molar-refractivity contribution in [1.29, 1.82) is 0 Å². The van der Waals surface area contributed by atoms with Gasteiger partial charge in [0.15, 0.2) is 0 Å². The van der Waals surface area contributed by atoms with Gasteiger partial charge in [0.25, 0.3) is 0 Å². The molecule has 108 valence electrons. The molecule has 0 radical (unpaired) electrons.